The zero-order valence-electron chi connectivity index (χ0n) is 7.40. The quantitative estimate of drug-likeness (QED) is 0.406. The van der Waals surface area contributed by atoms with Gasteiger partial charge in [0.1, 0.15) is 0 Å². The highest BCUT2D eigenvalue weighted by Crippen LogP contribution is 2.21. The lowest BCUT2D eigenvalue weighted by Gasteiger charge is -1.99. The predicted molar refractivity (Wildman–Crippen MR) is 52.6 cm³/mol. The van der Waals surface area contributed by atoms with Gasteiger partial charge in [0.05, 0.1) is 12.2 Å². The van der Waals surface area contributed by atoms with E-state index in [9.17, 15) is 0 Å². The van der Waals surface area contributed by atoms with Gasteiger partial charge in [0.2, 0.25) is 0 Å². The lowest BCUT2D eigenvalue weighted by molar-refractivity contribution is -0.295. The lowest BCUT2D eigenvalue weighted by Crippen LogP contribution is -2.04. The van der Waals surface area contributed by atoms with Gasteiger partial charge in [-0.3, -0.25) is 5.14 Å². The van der Waals surface area contributed by atoms with Crippen LogP contribution < -0.4 is 5.14 Å². The first-order chi connectivity index (χ1) is 5.86. The van der Waals surface area contributed by atoms with Gasteiger partial charge in [-0.05, 0) is 12.8 Å². The molecule has 1 saturated heterocycles. The molecule has 0 aromatic carbocycles. The van der Waals surface area contributed by atoms with E-state index in [-0.39, 0.29) is 6.10 Å². The molecule has 1 aliphatic heterocycles. The number of hydrogen-bond donors (Lipinski definition) is 2. The SMILES string of the molecule is C=CCC1CC(CC)OO1.NS. The molecule has 72 valence electrons. The van der Waals surface area contributed by atoms with Crippen molar-refractivity contribution in [3.63, 3.8) is 0 Å². The molecule has 1 rings (SSSR count). The summed E-state index contributed by atoms with van der Waals surface area (Å²) in [6.45, 7) is 5.74. The third-order valence-corrected chi connectivity index (χ3v) is 1.74. The summed E-state index contributed by atoms with van der Waals surface area (Å²) in [5, 5.41) is 4.19. The van der Waals surface area contributed by atoms with Crippen LogP contribution >= 0.6 is 12.8 Å². The Bertz CT molecular complexity index is 122. The number of thiol groups is 1. The molecule has 0 saturated carbocycles. The molecule has 4 heteroatoms. The molecule has 12 heavy (non-hydrogen) atoms. The van der Waals surface area contributed by atoms with Crippen LogP contribution in [0.1, 0.15) is 26.2 Å². The van der Waals surface area contributed by atoms with Crippen LogP contribution in [0.25, 0.3) is 0 Å². The Balaban J connectivity index is 0.000000561. The summed E-state index contributed by atoms with van der Waals surface area (Å²) in [4.78, 5) is 10.0. The monoisotopic (exact) mass is 191 g/mol. The van der Waals surface area contributed by atoms with Crippen molar-refractivity contribution in [2.45, 2.75) is 38.4 Å². The molecule has 3 nitrogen and oxygen atoms in total. The fraction of sp³-hybridized carbons (Fsp3) is 0.750. The van der Waals surface area contributed by atoms with Gasteiger partial charge in [-0.25, -0.2) is 9.78 Å². The molecular formula is C8H17NO2S. The summed E-state index contributed by atoms with van der Waals surface area (Å²) < 4.78 is 0. The fourth-order valence-electron chi connectivity index (χ4n) is 1.09. The van der Waals surface area contributed by atoms with E-state index in [1.807, 2.05) is 6.08 Å². The van der Waals surface area contributed by atoms with Crippen LogP contribution in [0.5, 0.6) is 0 Å². The first-order valence-corrected chi connectivity index (χ1v) is 4.57. The van der Waals surface area contributed by atoms with Gasteiger partial charge in [0.15, 0.2) is 0 Å². The summed E-state index contributed by atoms with van der Waals surface area (Å²) in [5.41, 5.74) is 0. The standard InChI is InChI=1S/C8H14O2.H3NS/c1-3-5-8-6-7(4-2)9-10-8;1-2/h3,7-8H,1,4-6H2,2H3;2H,1H2. The normalized spacial score (nSPS) is 27.6. The van der Waals surface area contributed by atoms with Gasteiger partial charge in [-0.2, -0.15) is 0 Å². The molecule has 0 bridgehead atoms. The van der Waals surface area contributed by atoms with Crippen molar-refractivity contribution in [3.8, 4) is 0 Å². The molecule has 0 spiro atoms. The minimum absolute atomic E-state index is 0.252. The van der Waals surface area contributed by atoms with E-state index in [1.54, 1.807) is 0 Å². The van der Waals surface area contributed by atoms with Crippen molar-refractivity contribution in [1.29, 1.82) is 0 Å². The molecule has 2 unspecified atom stereocenters. The van der Waals surface area contributed by atoms with Gasteiger partial charge in [0.25, 0.3) is 0 Å². The van der Waals surface area contributed by atoms with Crippen LogP contribution in [-0.4, -0.2) is 12.2 Å². The summed E-state index contributed by atoms with van der Waals surface area (Å²) >= 11 is 3.03. The van der Waals surface area contributed by atoms with Crippen molar-refractivity contribution < 1.29 is 9.78 Å². The molecule has 1 fully saturated rings. The summed E-state index contributed by atoms with van der Waals surface area (Å²) in [6.07, 6.45) is 5.38. The molecular weight excluding hydrogens is 174 g/mol. The molecule has 0 aromatic rings. The van der Waals surface area contributed by atoms with E-state index < -0.39 is 0 Å². The van der Waals surface area contributed by atoms with E-state index in [0.717, 1.165) is 19.3 Å². The summed E-state index contributed by atoms with van der Waals surface area (Å²) in [5.74, 6) is 0. The summed E-state index contributed by atoms with van der Waals surface area (Å²) in [7, 11) is 0. The average Bonchev–Trinajstić information content (AvgIpc) is 2.57. The number of nitrogens with two attached hydrogens (primary N) is 1. The van der Waals surface area contributed by atoms with Crippen LogP contribution in [0.15, 0.2) is 12.7 Å². The Labute approximate surface area is 79.4 Å². The predicted octanol–water partition coefficient (Wildman–Crippen LogP) is 1.85. The van der Waals surface area contributed by atoms with E-state index >= 15 is 0 Å². The van der Waals surface area contributed by atoms with Gasteiger partial charge in [0, 0.05) is 6.42 Å². The minimum Gasteiger partial charge on any atom is -0.281 e. The van der Waals surface area contributed by atoms with Gasteiger partial charge < -0.3 is 0 Å². The molecule has 0 amide bonds. The highest BCUT2D eigenvalue weighted by Gasteiger charge is 2.24. The maximum absolute atomic E-state index is 5.03. The van der Waals surface area contributed by atoms with Crippen molar-refractivity contribution in [2.24, 2.45) is 5.14 Å². The molecule has 1 aliphatic rings. The molecule has 2 atom stereocenters. The first kappa shape index (κ1) is 12.0. The highest BCUT2D eigenvalue weighted by atomic mass is 32.1. The fourth-order valence-corrected chi connectivity index (χ4v) is 1.09. The van der Waals surface area contributed by atoms with Gasteiger partial charge >= 0.3 is 0 Å². The van der Waals surface area contributed by atoms with Crippen molar-refractivity contribution in [3.05, 3.63) is 12.7 Å². The third-order valence-electron chi connectivity index (χ3n) is 1.74. The van der Waals surface area contributed by atoms with Crippen LogP contribution in [0, 0.1) is 0 Å². The molecule has 0 aromatic heterocycles. The number of hydrogen-bond acceptors (Lipinski definition) is 4. The Morgan fingerprint density at radius 3 is 2.50 bits per heavy atom. The van der Waals surface area contributed by atoms with Crippen molar-refractivity contribution in [1.82, 2.24) is 0 Å². The second-order valence-electron chi connectivity index (χ2n) is 2.60. The van der Waals surface area contributed by atoms with E-state index in [2.05, 4.69) is 31.5 Å². The summed E-state index contributed by atoms with van der Waals surface area (Å²) in [6, 6.07) is 0. The van der Waals surface area contributed by atoms with Crippen LogP contribution in [0.3, 0.4) is 0 Å². The lowest BCUT2D eigenvalue weighted by atomic mass is 10.1. The molecule has 1 heterocycles. The molecule has 0 aliphatic carbocycles. The van der Waals surface area contributed by atoms with E-state index in [1.165, 1.54) is 0 Å². The highest BCUT2D eigenvalue weighted by molar-refractivity contribution is 7.77. The largest absolute Gasteiger partial charge is 0.281 e. The smallest absolute Gasteiger partial charge is 0.0990 e. The van der Waals surface area contributed by atoms with Crippen LogP contribution in [0.2, 0.25) is 0 Å². The minimum atomic E-state index is 0.252. The topological polar surface area (TPSA) is 44.5 Å². The Morgan fingerprint density at radius 1 is 1.50 bits per heavy atom. The Morgan fingerprint density at radius 2 is 2.08 bits per heavy atom. The first-order valence-electron chi connectivity index (χ1n) is 4.05. The maximum Gasteiger partial charge on any atom is 0.0990 e. The average molecular weight is 191 g/mol. The maximum atomic E-state index is 5.03. The molecule has 2 N–H and O–H groups in total. The van der Waals surface area contributed by atoms with Gasteiger partial charge in [-0.1, -0.05) is 13.0 Å². The van der Waals surface area contributed by atoms with Crippen LogP contribution in [0.4, 0.5) is 0 Å². The van der Waals surface area contributed by atoms with Gasteiger partial charge in [-0.15, -0.1) is 19.4 Å². The second-order valence-corrected chi connectivity index (χ2v) is 2.60. The van der Waals surface area contributed by atoms with Crippen molar-refractivity contribution in [2.75, 3.05) is 0 Å². The number of rotatable bonds is 3. The second kappa shape index (κ2) is 7.61. The Kier molecular flexibility index (Phi) is 7.59. The zero-order valence-corrected chi connectivity index (χ0v) is 8.30. The van der Waals surface area contributed by atoms with E-state index in [4.69, 9.17) is 9.78 Å². The molecule has 0 radical (unpaired) electrons. The Hall–Kier alpha value is -0.0300. The van der Waals surface area contributed by atoms with Crippen LogP contribution in [-0.2, 0) is 9.78 Å². The van der Waals surface area contributed by atoms with E-state index in [0.29, 0.717) is 6.10 Å². The van der Waals surface area contributed by atoms with Crippen molar-refractivity contribution >= 4 is 12.8 Å². The third kappa shape index (κ3) is 4.11. The zero-order chi connectivity index (χ0) is 9.40.